The minimum Gasteiger partial charge on any atom is -0.484 e. The third kappa shape index (κ3) is 3.93. The van der Waals surface area contributed by atoms with E-state index in [1.807, 2.05) is 49.4 Å². The van der Waals surface area contributed by atoms with Crippen molar-refractivity contribution in [1.82, 2.24) is 5.32 Å². The van der Waals surface area contributed by atoms with Crippen molar-refractivity contribution in [2.24, 2.45) is 0 Å². The molecule has 2 amide bonds. The molecule has 2 aromatic carbocycles. The van der Waals surface area contributed by atoms with E-state index in [9.17, 15) is 9.59 Å². The first-order chi connectivity index (χ1) is 11.6. The highest BCUT2D eigenvalue weighted by Crippen LogP contribution is 2.23. The van der Waals surface area contributed by atoms with Gasteiger partial charge in [0, 0.05) is 12.2 Å². The summed E-state index contributed by atoms with van der Waals surface area (Å²) < 4.78 is 5.52. The second-order valence-electron chi connectivity index (χ2n) is 5.87. The Balaban J connectivity index is 1.43. The van der Waals surface area contributed by atoms with Gasteiger partial charge < -0.3 is 15.4 Å². The molecule has 0 atom stereocenters. The molecule has 2 N–H and O–H groups in total. The topological polar surface area (TPSA) is 67.4 Å². The van der Waals surface area contributed by atoms with Crippen LogP contribution in [0.4, 0.5) is 5.69 Å². The highest BCUT2D eigenvalue weighted by Gasteiger charge is 2.17. The van der Waals surface area contributed by atoms with Crippen LogP contribution in [0.3, 0.4) is 0 Å². The molecule has 0 fully saturated rings. The second kappa shape index (κ2) is 7.17. The van der Waals surface area contributed by atoms with Gasteiger partial charge in [-0.05, 0) is 42.2 Å². The molecule has 0 spiro atoms. The van der Waals surface area contributed by atoms with Crippen LogP contribution in [0.1, 0.15) is 16.7 Å². The Labute approximate surface area is 141 Å². The van der Waals surface area contributed by atoms with Crippen molar-refractivity contribution in [2.45, 2.75) is 19.8 Å². The summed E-state index contributed by atoms with van der Waals surface area (Å²) in [4.78, 5) is 23.2. The zero-order chi connectivity index (χ0) is 16.9. The van der Waals surface area contributed by atoms with E-state index >= 15 is 0 Å². The van der Waals surface area contributed by atoms with Crippen LogP contribution >= 0.6 is 0 Å². The molecule has 0 saturated carbocycles. The molecular weight excluding hydrogens is 304 g/mol. The smallest absolute Gasteiger partial charge is 0.257 e. The van der Waals surface area contributed by atoms with Crippen molar-refractivity contribution in [3.05, 3.63) is 59.2 Å². The Morgan fingerprint density at radius 1 is 1.25 bits per heavy atom. The van der Waals surface area contributed by atoms with Gasteiger partial charge in [-0.25, -0.2) is 0 Å². The molecule has 24 heavy (non-hydrogen) atoms. The molecular formula is C19H20N2O3. The number of para-hydroxylation sites is 1. The summed E-state index contributed by atoms with van der Waals surface area (Å²) >= 11 is 0. The van der Waals surface area contributed by atoms with Gasteiger partial charge in [-0.1, -0.05) is 30.3 Å². The number of carbonyl (C=O) groups excluding carboxylic acids is 2. The molecule has 3 rings (SSSR count). The number of hydrogen-bond acceptors (Lipinski definition) is 3. The van der Waals surface area contributed by atoms with Gasteiger partial charge in [-0.2, -0.15) is 0 Å². The molecule has 1 aliphatic rings. The predicted octanol–water partition coefficient (Wildman–Crippen LogP) is 2.23. The first-order valence-corrected chi connectivity index (χ1v) is 7.98. The Kier molecular flexibility index (Phi) is 4.79. The molecule has 0 aliphatic carbocycles. The van der Waals surface area contributed by atoms with E-state index in [0.29, 0.717) is 13.0 Å². The van der Waals surface area contributed by atoms with Gasteiger partial charge >= 0.3 is 0 Å². The molecule has 2 aromatic rings. The summed E-state index contributed by atoms with van der Waals surface area (Å²) in [5.41, 5.74) is 4.02. The minimum absolute atomic E-state index is 0.00740. The van der Waals surface area contributed by atoms with Crippen molar-refractivity contribution in [2.75, 3.05) is 18.5 Å². The van der Waals surface area contributed by atoms with Crippen molar-refractivity contribution in [3.63, 3.8) is 0 Å². The van der Waals surface area contributed by atoms with E-state index in [1.54, 1.807) is 0 Å². The van der Waals surface area contributed by atoms with E-state index in [4.69, 9.17) is 4.74 Å². The average Bonchev–Trinajstić information content (AvgIpc) is 2.93. The van der Waals surface area contributed by atoms with Gasteiger partial charge in [0.15, 0.2) is 6.61 Å². The Hall–Kier alpha value is -2.82. The maximum Gasteiger partial charge on any atom is 0.257 e. The predicted molar refractivity (Wildman–Crippen MR) is 92.2 cm³/mol. The van der Waals surface area contributed by atoms with Crippen LogP contribution in [0, 0.1) is 6.92 Å². The number of fused-ring (bicyclic) bond motifs is 1. The van der Waals surface area contributed by atoms with Gasteiger partial charge in [-0.15, -0.1) is 0 Å². The average molecular weight is 324 g/mol. The second-order valence-corrected chi connectivity index (χ2v) is 5.87. The summed E-state index contributed by atoms with van der Waals surface area (Å²) in [5.74, 6) is 0.614. The summed E-state index contributed by atoms with van der Waals surface area (Å²) in [6, 6.07) is 13.5. The quantitative estimate of drug-likeness (QED) is 0.856. The SMILES string of the molecule is Cc1ccccc1OCC(=O)NCCc1ccc2c(c1)CC(=O)N2. The molecule has 124 valence electrons. The van der Waals surface area contributed by atoms with Gasteiger partial charge in [0.05, 0.1) is 6.42 Å². The van der Waals surface area contributed by atoms with E-state index < -0.39 is 0 Å². The van der Waals surface area contributed by atoms with Crippen LogP contribution < -0.4 is 15.4 Å². The van der Waals surface area contributed by atoms with Crippen LogP contribution in [0.25, 0.3) is 0 Å². The van der Waals surface area contributed by atoms with Crippen LogP contribution in [0.15, 0.2) is 42.5 Å². The molecule has 0 radical (unpaired) electrons. The lowest BCUT2D eigenvalue weighted by molar-refractivity contribution is -0.123. The van der Waals surface area contributed by atoms with Crippen molar-refractivity contribution >= 4 is 17.5 Å². The van der Waals surface area contributed by atoms with Crippen LogP contribution in [0.5, 0.6) is 5.75 Å². The first kappa shape index (κ1) is 16.1. The highest BCUT2D eigenvalue weighted by molar-refractivity contribution is 5.99. The molecule has 1 aliphatic heterocycles. The van der Waals surface area contributed by atoms with Crippen LogP contribution in [0.2, 0.25) is 0 Å². The van der Waals surface area contributed by atoms with Crippen molar-refractivity contribution in [3.8, 4) is 5.75 Å². The zero-order valence-corrected chi connectivity index (χ0v) is 13.6. The number of hydrogen-bond donors (Lipinski definition) is 2. The number of amides is 2. The van der Waals surface area contributed by atoms with Crippen LogP contribution in [-0.2, 0) is 22.4 Å². The first-order valence-electron chi connectivity index (χ1n) is 7.98. The molecule has 5 heteroatoms. The van der Waals surface area contributed by atoms with Crippen molar-refractivity contribution in [1.29, 1.82) is 0 Å². The third-order valence-electron chi connectivity index (χ3n) is 3.98. The van der Waals surface area contributed by atoms with Gasteiger partial charge in [0.2, 0.25) is 5.91 Å². The van der Waals surface area contributed by atoms with E-state index in [0.717, 1.165) is 34.5 Å². The van der Waals surface area contributed by atoms with E-state index in [-0.39, 0.29) is 18.4 Å². The third-order valence-corrected chi connectivity index (χ3v) is 3.98. The lowest BCUT2D eigenvalue weighted by Crippen LogP contribution is -2.30. The maximum atomic E-state index is 11.9. The largest absolute Gasteiger partial charge is 0.484 e. The van der Waals surface area contributed by atoms with E-state index in [1.165, 1.54) is 0 Å². The summed E-state index contributed by atoms with van der Waals surface area (Å²) in [5, 5.41) is 5.66. The number of benzene rings is 2. The molecule has 0 bridgehead atoms. The Bertz CT molecular complexity index is 771. The zero-order valence-electron chi connectivity index (χ0n) is 13.6. The number of anilines is 1. The fourth-order valence-corrected chi connectivity index (χ4v) is 2.70. The lowest BCUT2D eigenvalue weighted by atomic mass is 10.1. The number of rotatable bonds is 6. The Morgan fingerprint density at radius 3 is 2.92 bits per heavy atom. The normalized spacial score (nSPS) is 12.5. The fraction of sp³-hybridized carbons (Fsp3) is 0.263. The van der Waals surface area contributed by atoms with Gasteiger partial charge in [0.25, 0.3) is 5.91 Å². The summed E-state index contributed by atoms with van der Waals surface area (Å²) in [6.07, 6.45) is 1.15. The molecule has 5 nitrogen and oxygen atoms in total. The number of ether oxygens (including phenoxy) is 1. The van der Waals surface area contributed by atoms with Crippen LogP contribution in [-0.4, -0.2) is 25.0 Å². The molecule has 1 heterocycles. The molecule has 0 aromatic heterocycles. The minimum atomic E-state index is -0.142. The lowest BCUT2D eigenvalue weighted by Gasteiger charge is -2.09. The summed E-state index contributed by atoms with van der Waals surface area (Å²) in [7, 11) is 0. The number of aryl methyl sites for hydroxylation is 1. The number of nitrogens with one attached hydrogen (secondary N) is 2. The van der Waals surface area contributed by atoms with E-state index in [2.05, 4.69) is 10.6 Å². The fourth-order valence-electron chi connectivity index (χ4n) is 2.70. The standard InChI is InChI=1S/C19H20N2O3/c1-13-4-2-3-5-17(13)24-12-19(23)20-9-8-14-6-7-16-15(10-14)11-18(22)21-16/h2-7,10H,8-9,11-12H2,1H3,(H,20,23)(H,21,22). The van der Waals surface area contributed by atoms with Crippen molar-refractivity contribution < 1.29 is 14.3 Å². The summed E-state index contributed by atoms with van der Waals surface area (Å²) in [6.45, 7) is 2.49. The van der Waals surface area contributed by atoms with Gasteiger partial charge in [-0.3, -0.25) is 9.59 Å². The number of carbonyl (C=O) groups is 2. The Morgan fingerprint density at radius 2 is 2.08 bits per heavy atom. The molecule has 0 unspecified atom stereocenters. The highest BCUT2D eigenvalue weighted by atomic mass is 16.5. The maximum absolute atomic E-state index is 11.9. The molecule has 0 saturated heterocycles. The monoisotopic (exact) mass is 324 g/mol. The van der Waals surface area contributed by atoms with Gasteiger partial charge in [0.1, 0.15) is 5.75 Å².